The third-order valence-electron chi connectivity index (χ3n) is 2.83. The number of halogens is 1. The van der Waals surface area contributed by atoms with Crippen LogP contribution in [0, 0.1) is 0 Å². The SMILES string of the molecule is CN(C)CCn1c(CCl)nc2ccccc2c1=O. The second-order valence-corrected chi connectivity index (χ2v) is 4.71. The quantitative estimate of drug-likeness (QED) is 0.790. The Balaban J connectivity index is 2.56. The summed E-state index contributed by atoms with van der Waals surface area (Å²) in [6, 6.07) is 7.36. The fourth-order valence-electron chi connectivity index (χ4n) is 1.85. The summed E-state index contributed by atoms with van der Waals surface area (Å²) in [6.07, 6.45) is 0. The molecule has 4 nitrogen and oxygen atoms in total. The Labute approximate surface area is 111 Å². The fraction of sp³-hybridized carbons (Fsp3) is 0.385. The standard InChI is InChI=1S/C13H16ClN3O/c1-16(2)7-8-17-12(9-14)15-11-6-4-3-5-10(11)13(17)18/h3-6H,7-9H2,1-2H3. The van der Waals surface area contributed by atoms with Crippen molar-refractivity contribution in [3.63, 3.8) is 0 Å². The molecule has 0 radical (unpaired) electrons. The molecular formula is C13H16ClN3O. The van der Waals surface area contributed by atoms with Crippen LogP contribution in [-0.2, 0) is 12.4 Å². The molecule has 5 heteroatoms. The number of aromatic nitrogens is 2. The average Bonchev–Trinajstić information content (AvgIpc) is 2.37. The summed E-state index contributed by atoms with van der Waals surface area (Å²) in [7, 11) is 3.94. The van der Waals surface area contributed by atoms with Gasteiger partial charge < -0.3 is 4.90 Å². The van der Waals surface area contributed by atoms with Crippen molar-refractivity contribution in [2.24, 2.45) is 0 Å². The second-order valence-electron chi connectivity index (χ2n) is 4.44. The molecule has 0 unspecified atom stereocenters. The van der Waals surface area contributed by atoms with E-state index >= 15 is 0 Å². The lowest BCUT2D eigenvalue weighted by molar-refractivity contribution is 0.377. The lowest BCUT2D eigenvalue weighted by Crippen LogP contribution is -2.29. The number of rotatable bonds is 4. The third kappa shape index (κ3) is 2.54. The Hall–Kier alpha value is -1.39. The molecule has 0 aliphatic rings. The maximum atomic E-state index is 12.4. The molecule has 96 valence electrons. The van der Waals surface area contributed by atoms with E-state index in [9.17, 15) is 4.79 Å². The van der Waals surface area contributed by atoms with Crippen molar-refractivity contribution < 1.29 is 0 Å². The molecular weight excluding hydrogens is 250 g/mol. The Kier molecular flexibility index (Phi) is 3.99. The molecule has 0 bridgehead atoms. The smallest absolute Gasteiger partial charge is 0.261 e. The normalized spacial score (nSPS) is 11.3. The summed E-state index contributed by atoms with van der Waals surface area (Å²) in [5.74, 6) is 0.871. The van der Waals surface area contributed by atoms with Crippen LogP contribution in [0.4, 0.5) is 0 Å². The summed E-state index contributed by atoms with van der Waals surface area (Å²) in [5.41, 5.74) is 0.692. The van der Waals surface area contributed by atoms with E-state index in [1.807, 2.05) is 37.2 Å². The highest BCUT2D eigenvalue weighted by atomic mass is 35.5. The molecule has 2 rings (SSSR count). The van der Waals surface area contributed by atoms with Crippen LogP contribution >= 0.6 is 11.6 Å². The van der Waals surface area contributed by atoms with Gasteiger partial charge in [0.05, 0.1) is 16.8 Å². The molecule has 1 heterocycles. The van der Waals surface area contributed by atoms with Gasteiger partial charge in [-0.05, 0) is 26.2 Å². The van der Waals surface area contributed by atoms with Gasteiger partial charge in [-0.25, -0.2) is 4.98 Å². The minimum atomic E-state index is -0.0156. The number of benzene rings is 1. The van der Waals surface area contributed by atoms with Gasteiger partial charge in [-0.3, -0.25) is 9.36 Å². The van der Waals surface area contributed by atoms with Gasteiger partial charge in [0.15, 0.2) is 0 Å². The zero-order chi connectivity index (χ0) is 13.1. The molecule has 1 aromatic carbocycles. The highest BCUT2D eigenvalue weighted by Gasteiger charge is 2.09. The van der Waals surface area contributed by atoms with E-state index in [2.05, 4.69) is 4.98 Å². The van der Waals surface area contributed by atoms with Gasteiger partial charge in [-0.15, -0.1) is 11.6 Å². The Bertz CT molecular complexity index is 607. The van der Waals surface area contributed by atoms with E-state index in [0.29, 0.717) is 23.3 Å². The molecule has 0 N–H and O–H groups in total. The van der Waals surface area contributed by atoms with Crippen molar-refractivity contribution in [2.75, 3.05) is 20.6 Å². The van der Waals surface area contributed by atoms with Crippen LogP contribution in [0.25, 0.3) is 10.9 Å². The van der Waals surface area contributed by atoms with E-state index in [-0.39, 0.29) is 11.4 Å². The lowest BCUT2D eigenvalue weighted by atomic mass is 10.2. The molecule has 1 aromatic heterocycles. The summed E-state index contributed by atoms with van der Waals surface area (Å²) in [4.78, 5) is 18.8. The molecule has 0 aliphatic carbocycles. The second kappa shape index (κ2) is 5.50. The molecule has 0 spiro atoms. The minimum Gasteiger partial charge on any atom is -0.308 e. The molecule has 0 saturated heterocycles. The van der Waals surface area contributed by atoms with Crippen LogP contribution in [0.1, 0.15) is 5.82 Å². The molecule has 0 fully saturated rings. The van der Waals surface area contributed by atoms with Crippen molar-refractivity contribution in [3.8, 4) is 0 Å². The Morgan fingerprint density at radius 1 is 1.33 bits per heavy atom. The Morgan fingerprint density at radius 2 is 2.06 bits per heavy atom. The number of hydrogen-bond acceptors (Lipinski definition) is 3. The van der Waals surface area contributed by atoms with Crippen LogP contribution in [0.15, 0.2) is 29.1 Å². The van der Waals surface area contributed by atoms with Crippen molar-refractivity contribution in [1.29, 1.82) is 0 Å². The number of likely N-dealkylation sites (N-methyl/N-ethyl adjacent to an activating group) is 1. The van der Waals surface area contributed by atoms with E-state index < -0.39 is 0 Å². The number of hydrogen-bond donors (Lipinski definition) is 0. The molecule has 0 atom stereocenters. The third-order valence-corrected chi connectivity index (χ3v) is 3.07. The van der Waals surface area contributed by atoms with Crippen LogP contribution in [0.3, 0.4) is 0 Å². The van der Waals surface area contributed by atoms with Crippen molar-refractivity contribution in [1.82, 2.24) is 14.5 Å². The molecule has 0 aliphatic heterocycles. The summed E-state index contributed by atoms with van der Waals surface area (Å²) in [6.45, 7) is 1.38. The van der Waals surface area contributed by atoms with Crippen molar-refractivity contribution in [3.05, 3.63) is 40.4 Å². The van der Waals surface area contributed by atoms with Gasteiger partial charge in [0.2, 0.25) is 0 Å². The number of nitrogens with zero attached hydrogens (tertiary/aromatic N) is 3. The Morgan fingerprint density at radius 3 is 2.72 bits per heavy atom. The molecule has 18 heavy (non-hydrogen) atoms. The molecule has 0 saturated carbocycles. The number of alkyl halides is 1. The predicted octanol–water partition coefficient (Wildman–Crippen LogP) is 1.70. The highest BCUT2D eigenvalue weighted by Crippen LogP contribution is 2.09. The summed E-state index contributed by atoms with van der Waals surface area (Å²) < 4.78 is 1.66. The maximum absolute atomic E-state index is 12.4. The number of fused-ring (bicyclic) bond motifs is 1. The van der Waals surface area contributed by atoms with Gasteiger partial charge >= 0.3 is 0 Å². The zero-order valence-corrected chi connectivity index (χ0v) is 11.3. The van der Waals surface area contributed by atoms with Gasteiger partial charge in [-0.1, -0.05) is 12.1 Å². The van der Waals surface area contributed by atoms with E-state index in [1.54, 1.807) is 10.6 Å². The van der Waals surface area contributed by atoms with Crippen LogP contribution in [0.2, 0.25) is 0 Å². The van der Waals surface area contributed by atoms with Gasteiger partial charge in [0, 0.05) is 13.1 Å². The predicted molar refractivity (Wildman–Crippen MR) is 74.1 cm³/mol. The van der Waals surface area contributed by atoms with E-state index in [1.165, 1.54) is 0 Å². The minimum absolute atomic E-state index is 0.0156. The first-order chi connectivity index (χ1) is 8.63. The summed E-state index contributed by atoms with van der Waals surface area (Å²) >= 11 is 5.88. The maximum Gasteiger partial charge on any atom is 0.261 e. The highest BCUT2D eigenvalue weighted by molar-refractivity contribution is 6.16. The molecule has 2 aromatic rings. The first-order valence-electron chi connectivity index (χ1n) is 5.82. The monoisotopic (exact) mass is 265 g/mol. The van der Waals surface area contributed by atoms with Gasteiger partial charge in [0.25, 0.3) is 5.56 Å². The van der Waals surface area contributed by atoms with Crippen LogP contribution in [0.5, 0.6) is 0 Å². The average molecular weight is 266 g/mol. The van der Waals surface area contributed by atoms with Crippen LogP contribution in [-0.4, -0.2) is 35.1 Å². The fourth-order valence-corrected chi connectivity index (χ4v) is 2.05. The van der Waals surface area contributed by atoms with Gasteiger partial charge in [0.1, 0.15) is 5.82 Å². The van der Waals surface area contributed by atoms with Crippen LogP contribution < -0.4 is 5.56 Å². The van der Waals surface area contributed by atoms with E-state index in [4.69, 9.17) is 11.6 Å². The zero-order valence-electron chi connectivity index (χ0n) is 10.6. The van der Waals surface area contributed by atoms with Gasteiger partial charge in [-0.2, -0.15) is 0 Å². The lowest BCUT2D eigenvalue weighted by Gasteiger charge is -2.14. The van der Waals surface area contributed by atoms with E-state index in [0.717, 1.165) is 6.54 Å². The molecule has 0 amide bonds. The number of para-hydroxylation sites is 1. The van der Waals surface area contributed by atoms with Crippen molar-refractivity contribution in [2.45, 2.75) is 12.4 Å². The topological polar surface area (TPSA) is 38.1 Å². The first-order valence-corrected chi connectivity index (χ1v) is 6.36. The summed E-state index contributed by atoms with van der Waals surface area (Å²) in [5, 5.41) is 0.644. The largest absolute Gasteiger partial charge is 0.308 e. The van der Waals surface area contributed by atoms with Crippen molar-refractivity contribution >= 4 is 22.5 Å². The first kappa shape index (κ1) is 13.1.